The summed E-state index contributed by atoms with van der Waals surface area (Å²) in [5.74, 6) is 0. The fraction of sp³-hybridized carbons (Fsp3) is 0.143. The molecule has 3 unspecified atom stereocenters. The quantitative estimate of drug-likeness (QED) is 0.253. The summed E-state index contributed by atoms with van der Waals surface area (Å²) in [6.07, 6.45) is 0. The first kappa shape index (κ1) is 22.8. The van der Waals surface area contributed by atoms with Crippen molar-refractivity contribution in [2.24, 2.45) is 0 Å². The molecule has 0 amide bonds. The Kier molecular flexibility index (Phi) is 6.96. The van der Waals surface area contributed by atoms with Crippen LogP contribution in [0.4, 0.5) is 0 Å². The zero-order valence-electron chi connectivity index (χ0n) is 16.9. The number of hydrogen-bond acceptors (Lipinski definition) is 7. The third kappa shape index (κ3) is 4.65. The van der Waals surface area contributed by atoms with Gasteiger partial charge in [0.25, 0.3) is 0 Å². The fourth-order valence-corrected chi connectivity index (χ4v) is 92.5. The molecule has 3 aliphatic rings. The van der Waals surface area contributed by atoms with Crippen LogP contribution in [0.2, 0.25) is 0 Å². The summed E-state index contributed by atoms with van der Waals surface area (Å²) in [6.45, 7) is 6.69. The first-order valence-corrected chi connectivity index (χ1v) is 30.6. The zero-order valence-corrected chi connectivity index (χ0v) is 27.5. The van der Waals surface area contributed by atoms with Gasteiger partial charge in [-0.15, -0.1) is 0 Å². The molecule has 0 fully saturated rings. The first-order chi connectivity index (χ1) is 15.0. The van der Waals surface area contributed by atoms with Gasteiger partial charge in [-0.25, -0.2) is 0 Å². The van der Waals surface area contributed by atoms with Crippen LogP contribution in [0.15, 0.2) is 84.0 Å². The van der Waals surface area contributed by atoms with Gasteiger partial charge in [-0.3, -0.25) is 0 Å². The Balaban J connectivity index is 1.33. The normalized spacial score (nSPS) is 23.8. The van der Waals surface area contributed by atoms with E-state index in [0.29, 0.717) is 0 Å². The number of benzene rings is 3. The predicted octanol–water partition coefficient (Wildman–Crippen LogP) is 7.86. The average molecular weight is 702 g/mol. The van der Waals surface area contributed by atoms with Gasteiger partial charge in [0.2, 0.25) is 0 Å². The molecule has 0 aliphatic carbocycles. The molecule has 6 rings (SSSR count). The van der Waals surface area contributed by atoms with Crippen LogP contribution in [0.1, 0.15) is 16.7 Å². The molecule has 0 saturated carbocycles. The number of fused-ring (bicyclic) bond motifs is 3. The summed E-state index contributed by atoms with van der Waals surface area (Å²) in [5, 5.41) is 0. The van der Waals surface area contributed by atoms with Gasteiger partial charge in [0.1, 0.15) is 0 Å². The third-order valence-electron chi connectivity index (χ3n) is 4.79. The summed E-state index contributed by atoms with van der Waals surface area (Å²) >= 11 is -3.81. The molecule has 1 nitrogen and oxygen atoms in total. The Labute approximate surface area is 218 Å². The van der Waals surface area contributed by atoms with Gasteiger partial charge < -0.3 is 0 Å². The summed E-state index contributed by atoms with van der Waals surface area (Å²) in [7, 11) is 13.5. The predicted molar refractivity (Wildman–Crippen MR) is 148 cm³/mol. The Morgan fingerprint density at radius 2 is 0.742 bits per heavy atom. The van der Waals surface area contributed by atoms with E-state index in [4.69, 9.17) is 0 Å². The molecule has 10 heteroatoms. The average Bonchev–Trinajstić information content (AvgIpc) is 3.43. The molecule has 3 aromatic rings. The molecule has 3 aliphatic heterocycles. The van der Waals surface area contributed by atoms with E-state index in [1.54, 1.807) is 14.7 Å². The van der Waals surface area contributed by atoms with E-state index < -0.39 is 37.7 Å². The minimum absolute atomic E-state index is 1.27. The van der Waals surface area contributed by atoms with Crippen molar-refractivity contribution in [2.45, 2.75) is 50.1 Å². The van der Waals surface area contributed by atoms with Crippen LogP contribution in [0.25, 0.3) is 0 Å². The Morgan fingerprint density at radius 3 is 1.06 bits per heavy atom. The van der Waals surface area contributed by atoms with Crippen LogP contribution in [-0.4, -0.2) is 39.3 Å². The molecule has 0 spiro atoms. The van der Waals surface area contributed by atoms with E-state index in [1.165, 1.54) is 31.4 Å². The van der Waals surface area contributed by atoms with Crippen LogP contribution in [0.3, 0.4) is 0 Å². The zero-order chi connectivity index (χ0) is 21.1. The van der Waals surface area contributed by atoms with Crippen LogP contribution in [0.5, 0.6) is 0 Å². The maximum atomic E-state index is 3.20. The molecule has 158 valence electrons. The number of hydrogen-bond donors (Lipinski definition) is 0. The molecule has 0 aromatic heterocycles. The van der Waals surface area contributed by atoms with Gasteiger partial charge in [0.15, 0.2) is 0 Å². The molecule has 0 bridgehead atoms. The second-order valence-corrected chi connectivity index (χ2v) is 42.4. The first-order valence-electron chi connectivity index (χ1n) is 9.63. The molecule has 3 aromatic carbocycles. The maximum absolute atomic E-state index is 3.20. The summed E-state index contributed by atoms with van der Waals surface area (Å²) in [4.78, 5) is 9.24. The second-order valence-electron chi connectivity index (χ2n) is 7.38. The van der Waals surface area contributed by atoms with Crippen LogP contribution in [-0.2, 0) is 0 Å². The van der Waals surface area contributed by atoms with E-state index in [-0.39, 0.29) is 0 Å². The Morgan fingerprint density at radius 1 is 0.452 bits per heavy atom. The molecule has 3 atom stereocenters. The molecular formula is C21H18As3NS6. The van der Waals surface area contributed by atoms with Crippen molar-refractivity contribution < 1.29 is 0 Å². The van der Waals surface area contributed by atoms with Crippen LogP contribution < -0.4 is 0 Å². The molecule has 0 radical (unpaired) electrons. The van der Waals surface area contributed by atoms with Crippen LogP contribution >= 0.6 is 60.1 Å². The van der Waals surface area contributed by atoms with Crippen LogP contribution in [0, 0.1) is 20.8 Å². The summed E-state index contributed by atoms with van der Waals surface area (Å²) < 4.78 is 3.20. The van der Waals surface area contributed by atoms with Crippen molar-refractivity contribution >= 4 is 97.8 Å². The monoisotopic (exact) mass is 701 g/mol. The SMILES string of the molecule is Cc1ccc2c(c1)S[As](N([As]1Sc3ccc(C)cc3S1)[As]1Sc3ccc(C)cc3S1)S2. The van der Waals surface area contributed by atoms with Crippen molar-refractivity contribution in [2.75, 3.05) is 0 Å². The van der Waals surface area contributed by atoms with Gasteiger partial charge in [-0.2, -0.15) is 0 Å². The number of nitrogens with zero attached hydrogens (tertiary/aromatic N) is 1. The third-order valence-corrected chi connectivity index (χ3v) is 64.7. The van der Waals surface area contributed by atoms with Crippen molar-refractivity contribution in [3.05, 3.63) is 71.3 Å². The van der Waals surface area contributed by atoms with Crippen molar-refractivity contribution in [3.8, 4) is 0 Å². The van der Waals surface area contributed by atoms with E-state index in [0.717, 1.165) is 0 Å². The Bertz CT molecular complexity index is 1050. The van der Waals surface area contributed by atoms with Gasteiger partial charge >= 0.3 is 221 Å². The molecular weight excluding hydrogens is 683 g/mol. The molecule has 0 N–H and O–H groups in total. The molecule has 31 heavy (non-hydrogen) atoms. The van der Waals surface area contributed by atoms with Crippen molar-refractivity contribution in [3.63, 3.8) is 0 Å². The summed E-state index contributed by atoms with van der Waals surface area (Å²) in [5.41, 5.74) is 4.18. The number of aryl methyl sites for hydroxylation is 3. The Hall–Kier alpha value is 1.40. The van der Waals surface area contributed by atoms with E-state index in [2.05, 4.69) is 137 Å². The van der Waals surface area contributed by atoms with Crippen molar-refractivity contribution in [1.29, 1.82) is 0 Å². The number of rotatable bonds is 3. The van der Waals surface area contributed by atoms with Gasteiger partial charge in [-0.05, 0) is 0 Å². The minimum atomic E-state index is -1.27. The summed E-state index contributed by atoms with van der Waals surface area (Å²) in [6, 6.07) is 21.3. The standard InChI is InChI=1S/C21H18As3NS6/c1-13-4-7-16-19(10-13)29-22(26-16)25(23-27-17-8-5-14(2)11-20(17)30-23)24-28-18-9-6-15(3)12-21(18)31-24/h4-12H,1-3H3. The topological polar surface area (TPSA) is 3.24 Å². The van der Waals surface area contributed by atoms with Gasteiger partial charge in [0.05, 0.1) is 0 Å². The molecule has 3 heterocycles. The van der Waals surface area contributed by atoms with Gasteiger partial charge in [0, 0.05) is 0 Å². The van der Waals surface area contributed by atoms with E-state index in [9.17, 15) is 0 Å². The van der Waals surface area contributed by atoms with Crippen molar-refractivity contribution in [1.82, 2.24) is 1.65 Å². The van der Waals surface area contributed by atoms with E-state index >= 15 is 0 Å². The molecule has 0 saturated heterocycles. The fourth-order valence-electron chi connectivity index (χ4n) is 3.24. The van der Waals surface area contributed by atoms with E-state index in [1.807, 2.05) is 0 Å². The second kappa shape index (κ2) is 9.45. The van der Waals surface area contributed by atoms with Gasteiger partial charge in [-0.1, -0.05) is 0 Å².